The van der Waals surface area contributed by atoms with Gasteiger partial charge in [-0.25, -0.2) is 4.99 Å². The normalized spacial score (nSPS) is 13.9. The first-order chi connectivity index (χ1) is 14.4. The number of rotatable bonds is 12. The second-order valence-electron chi connectivity index (χ2n) is 8.33. The SMILES string of the molecule is CCNC(=NCc1cccc(OCC(=O)NC2CC2)c1)NCCN(C(C)C)C(C)C.I. The van der Waals surface area contributed by atoms with Crippen LogP contribution >= 0.6 is 24.0 Å². The van der Waals surface area contributed by atoms with Gasteiger partial charge < -0.3 is 20.7 Å². The minimum absolute atomic E-state index is 0. The summed E-state index contributed by atoms with van der Waals surface area (Å²) in [4.78, 5) is 18.9. The van der Waals surface area contributed by atoms with Crippen molar-refractivity contribution >= 4 is 35.8 Å². The summed E-state index contributed by atoms with van der Waals surface area (Å²) in [6.07, 6.45) is 2.16. The van der Waals surface area contributed by atoms with E-state index in [-0.39, 0.29) is 36.5 Å². The standard InChI is InChI=1S/C23H39N5O2.HI/c1-6-24-23(25-12-13-28(17(2)3)18(4)5)26-15-19-8-7-9-21(14-19)30-16-22(29)27-20-10-11-20;/h7-9,14,17-18,20H,6,10-13,15-16H2,1-5H3,(H,27,29)(H2,24,25,26);1H. The molecule has 176 valence electrons. The average Bonchev–Trinajstić information content (AvgIpc) is 3.51. The number of carbonyl (C=O) groups is 1. The smallest absolute Gasteiger partial charge is 0.258 e. The quantitative estimate of drug-likeness (QED) is 0.214. The molecule has 0 radical (unpaired) electrons. The third kappa shape index (κ3) is 11.0. The van der Waals surface area contributed by atoms with Crippen LogP contribution in [0.5, 0.6) is 5.75 Å². The van der Waals surface area contributed by atoms with Crippen molar-refractivity contribution in [3.8, 4) is 5.75 Å². The van der Waals surface area contributed by atoms with Gasteiger partial charge in [0.1, 0.15) is 5.75 Å². The minimum atomic E-state index is -0.0589. The lowest BCUT2D eigenvalue weighted by Crippen LogP contribution is -2.45. The molecule has 7 nitrogen and oxygen atoms in total. The lowest BCUT2D eigenvalue weighted by atomic mass is 10.2. The summed E-state index contributed by atoms with van der Waals surface area (Å²) in [5.41, 5.74) is 1.04. The molecule has 0 aromatic heterocycles. The maximum Gasteiger partial charge on any atom is 0.258 e. The molecule has 1 aliphatic carbocycles. The van der Waals surface area contributed by atoms with Crippen molar-refractivity contribution in [2.75, 3.05) is 26.2 Å². The molecule has 1 aromatic carbocycles. The summed E-state index contributed by atoms with van der Waals surface area (Å²) in [6, 6.07) is 9.14. The van der Waals surface area contributed by atoms with Gasteiger partial charge in [-0.2, -0.15) is 0 Å². The molecule has 2 rings (SSSR count). The first-order valence-corrected chi connectivity index (χ1v) is 11.2. The number of nitrogens with zero attached hydrogens (tertiary/aromatic N) is 2. The predicted octanol–water partition coefficient (Wildman–Crippen LogP) is 3.14. The Morgan fingerprint density at radius 3 is 2.52 bits per heavy atom. The number of hydrogen-bond donors (Lipinski definition) is 3. The molecule has 0 saturated heterocycles. The highest BCUT2D eigenvalue weighted by Crippen LogP contribution is 2.18. The van der Waals surface area contributed by atoms with E-state index in [9.17, 15) is 4.79 Å². The Bertz CT molecular complexity index is 684. The van der Waals surface area contributed by atoms with Crippen LogP contribution in [0, 0.1) is 0 Å². The summed E-state index contributed by atoms with van der Waals surface area (Å²) in [6.45, 7) is 14.2. The molecule has 1 aromatic rings. The van der Waals surface area contributed by atoms with Gasteiger partial charge in [0.15, 0.2) is 12.6 Å². The molecule has 0 bridgehead atoms. The topological polar surface area (TPSA) is 78.0 Å². The molecule has 1 amide bonds. The Morgan fingerprint density at radius 1 is 1.19 bits per heavy atom. The van der Waals surface area contributed by atoms with Crippen molar-refractivity contribution in [2.24, 2.45) is 4.99 Å². The molecule has 0 spiro atoms. The number of aliphatic imine (C=N–C) groups is 1. The van der Waals surface area contributed by atoms with Gasteiger partial charge in [0, 0.05) is 37.8 Å². The van der Waals surface area contributed by atoms with Gasteiger partial charge >= 0.3 is 0 Å². The Hall–Kier alpha value is -1.55. The van der Waals surface area contributed by atoms with Crippen LogP contribution in [0.1, 0.15) is 53.0 Å². The summed E-state index contributed by atoms with van der Waals surface area (Å²) < 4.78 is 5.63. The number of guanidine groups is 1. The molecule has 1 saturated carbocycles. The maximum absolute atomic E-state index is 11.8. The van der Waals surface area contributed by atoms with Crippen molar-refractivity contribution in [3.63, 3.8) is 0 Å². The lowest BCUT2D eigenvalue weighted by Gasteiger charge is -2.30. The molecule has 8 heteroatoms. The van der Waals surface area contributed by atoms with Crippen LogP contribution in [-0.2, 0) is 11.3 Å². The number of carbonyl (C=O) groups excluding carboxylic acids is 1. The highest BCUT2D eigenvalue weighted by atomic mass is 127. The molecule has 1 aliphatic rings. The highest BCUT2D eigenvalue weighted by Gasteiger charge is 2.23. The van der Waals surface area contributed by atoms with Gasteiger partial charge in [0.05, 0.1) is 6.54 Å². The van der Waals surface area contributed by atoms with Gasteiger partial charge in [-0.1, -0.05) is 12.1 Å². The number of nitrogens with one attached hydrogen (secondary N) is 3. The highest BCUT2D eigenvalue weighted by molar-refractivity contribution is 14.0. The van der Waals surface area contributed by atoms with Gasteiger partial charge in [0.25, 0.3) is 5.91 Å². The third-order valence-corrected chi connectivity index (χ3v) is 4.96. The van der Waals surface area contributed by atoms with Crippen molar-refractivity contribution < 1.29 is 9.53 Å². The van der Waals surface area contributed by atoms with Crippen LogP contribution in [0.15, 0.2) is 29.3 Å². The van der Waals surface area contributed by atoms with Crippen molar-refractivity contribution in [1.82, 2.24) is 20.9 Å². The summed E-state index contributed by atoms with van der Waals surface area (Å²) in [5, 5.41) is 9.65. The predicted molar refractivity (Wildman–Crippen MR) is 138 cm³/mol. The number of ether oxygens (including phenoxy) is 1. The Kier molecular flexibility index (Phi) is 12.9. The summed E-state index contributed by atoms with van der Waals surface area (Å²) in [7, 11) is 0. The van der Waals surface area contributed by atoms with Crippen molar-refractivity contribution in [3.05, 3.63) is 29.8 Å². The Labute approximate surface area is 204 Å². The molecule has 0 unspecified atom stereocenters. The zero-order chi connectivity index (χ0) is 21.9. The number of amides is 1. The third-order valence-electron chi connectivity index (χ3n) is 4.96. The molecular formula is C23H40IN5O2. The molecule has 0 atom stereocenters. The van der Waals surface area contributed by atoms with Crippen LogP contribution in [0.25, 0.3) is 0 Å². The van der Waals surface area contributed by atoms with E-state index in [4.69, 9.17) is 9.73 Å². The number of hydrogen-bond acceptors (Lipinski definition) is 4. The van der Waals surface area contributed by atoms with Crippen LogP contribution < -0.4 is 20.7 Å². The first-order valence-electron chi connectivity index (χ1n) is 11.2. The van der Waals surface area contributed by atoms with Crippen LogP contribution in [0.2, 0.25) is 0 Å². The van der Waals surface area contributed by atoms with Crippen molar-refractivity contribution in [2.45, 2.75) is 72.1 Å². The van der Waals surface area contributed by atoms with Gasteiger partial charge in [-0.3, -0.25) is 9.69 Å². The van der Waals surface area contributed by atoms with E-state index in [2.05, 4.69) is 55.5 Å². The fourth-order valence-corrected chi connectivity index (χ4v) is 3.31. The largest absolute Gasteiger partial charge is 0.484 e. The Morgan fingerprint density at radius 2 is 1.90 bits per heavy atom. The maximum atomic E-state index is 11.8. The monoisotopic (exact) mass is 545 g/mol. The van der Waals surface area contributed by atoms with Gasteiger partial charge in [-0.15, -0.1) is 24.0 Å². The molecule has 0 heterocycles. The van der Waals surface area contributed by atoms with E-state index >= 15 is 0 Å². The fraction of sp³-hybridized carbons (Fsp3) is 0.652. The van der Waals surface area contributed by atoms with E-state index < -0.39 is 0 Å². The van der Waals surface area contributed by atoms with E-state index in [1.807, 2.05) is 24.3 Å². The lowest BCUT2D eigenvalue weighted by molar-refractivity contribution is -0.123. The first kappa shape index (κ1) is 27.5. The second-order valence-corrected chi connectivity index (χ2v) is 8.33. The fourth-order valence-electron chi connectivity index (χ4n) is 3.31. The summed E-state index contributed by atoms with van der Waals surface area (Å²) in [5.74, 6) is 1.44. The van der Waals surface area contributed by atoms with E-state index in [0.29, 0.717) is 30.4 Å². The average molecular weight is 546 g/mol. The minimum Gasteiger partial charge on any atom is -0.484 e. The van der Waals surface area contributed by atoms with Crippen LogP contribution in [0.4, 0.5) is 0 Å². The molecule has 31 heavy (non-hydrogen) atoms. The molecule has 1 fully saturated rings. The second kappa shape index (κ2) is 14.5. The van der Waals surface area contributed by atoms with E-state index in [0.717, 1.165) is 44.0 Å². The van der Waals surface area contributed by atoms with Crippen LogP contribution in [-0.4, -0.2) is 61.1 Å². The van der Waals surface area contributed by atoms with E-state index in [1.165, 1.54) is 0 Å². The zero-order valence-electron chi connectivity index (χ0n) is 19.6. The zero-order valence-corrected chi connectivity index (χ0v) is 21.9. The van der Waals surface area contributed by atoms with Gasteiger partial charge in [0.2, 0.25) is 0 Å². The van der Waals surface area contributed by atoms with Crippen LogP contribution in [0.3, 0.4) is 0 Å². The summed E-state index contributed by atoms with van der Waals surface area (Å²) >= 11 is 0. The van der Waals surface area contributed by atoms with Crippen molar-refractivity contribution in [1.29, 1.82) is 0 Å². The molecular weight excluding hydrogens is 505 g/mol. The van der Waals surface area contributed by atoms with E-state index in [1.54, 1.807) is 0 Å². The number of halogens is 1. The number of benzene rings is 1. The molecule has 3 N–H and O–H groups in total. The Balaban J connectivity index is 0.00000480. The van der Waals surface area contributed by atoms with Gasteiger partial charge in [-0.05, 0) is 65.2 Å². The molecule has 0 aliphatic heterocycles.